The van der Waals surface area contributed by atoms with Crippen LogP contribution in [-0.2, 0) is 19.1 Å². The van der Waals surface area contributed by atoms with E-state index >= 15 is 0 Å². The summed E-state index contributed by atoms with van der Waals surface area (Å²) in [6.45, 7) is 8.86. The van der Waals surface area contributed by atoms with Gasteiger partial charge in [0.1, 0.15) is 0 Å². The Morgan fingerprint density at radius 1 is 1.26 bits per heavy atom. The Kier molecular flexibility index (Phi) is 6.94. The number of carbonyl (C=O) groups is 2. The minimum atomic E-state index is -0.554. The maximum absolute atomic E-state index is 12.5. The number of hydrogen-bond donors (Lipinski definition) is 1. The van der Waals surface area contributed by atoms with Crippen molar-refractivity contribution in [3.8, 4) is 0 Å². The van der Waals surface area contributed by atoms with Crippen LogP contribution in [-0.4, -0.2) is 29.8 Å². The second-order valence-electron chi connectivity index (χ2n) is 10.3. The number of rotatable bonds is 6. The van der Waals surface area contributed by atoms with Crippen molar-refractivity contribution in [1.29, 1.82) is 0 Å². The largest absolute Gasteiger partial charge is 0.462 e. The highest BCUT2D eigenvalue weighted by atomic mass is 16.5. The summed E-state index contributed by atoms with van der Waals surface area (Å²) >= 11 is 0. The van der Waals surface area contributed by atoms with Crippen LogP contribution < -0.4 is 0 Å². The van der Waals surface area contributed by atoms with Crippen LogP contribution in [0.3, 0.4) is 0 Å². The van der Waals surface area contributed by atoms with Crippen LogP contribution in [0.25, 0.3) is 6.08 Å². The third-order valence-electron chi connectivity index (χ3n) is 8.32. The lowest BCUT2D eigenvalue weighted by atomic mass is 9.46. The molecule has 0 spiro atoms. The maximum Gasteiger partial charge on any atom is 0.342 e. The van der Waals surface area contributed by atoms with Gasteiger partial charge in [-0.1, -0.05) is 62.4 Å². The van der Waals surface area contributed by atoms with Gasteiger partial charge in [0.15, 0.2) is 0 Å². The van der Waals surface area contributed by atoms with Crippen molar-refractivity contribution in [2.24, 2.45) is 22.7 Å². The second-order valence-corrected chi connectivity index (χ2v) is 10.3. The fourth-order valence-corrected chi connectivity index (χ4v) is 6.32. The van der Waals surface area contributed by atoms with Crippen LogP contribution in [0.2, 0.25) is 0 Å². The highest BCUT2D eigenvalue weighted by Gasteiger charge is 2.58. The maximum atomic E-state index is 12.5. The normalized spacial score (nSPS) is 34.3. The first-order valence-corrected chi connectivity index (χ1v) is 12.1. The quantitative estimate of drug-likeness (QED) is 0.349. The van der Waals surface area contributed by atoms with E-state index in [0.717, 1.165) is 24.8 Å². The monoisotopic (exact) mass is 462 g/mol. The fraction of sp³-hybridized carbons (Fsp3) is 0.448. The first kappa shape index (κ1) is 24.2. The molecular formula is C29H34O5. The number of fused-ring (bicyclic) bond motifs is 1. The Morgan fingerprint density at radius 3 is 2.74 bits per heavy atom. The van der Waals surface area contributed by atoms with Crippen LogP contribution >= 0.6 is 0 Å². The molecule has 1 aromatic carbocycles. The van der Waals surface area contributed by atoms with Gasteiger partial charge in [0.25, 0.3) is 0 Å². The minimum Gasteiger partial charge on any atom is -0.462 e. The number of cyclic esters (lactones) is 1. The van der Waals surface area contributed by atoms with E-state index in [-0.39, 0.29) is 29.8 Å². The third-order valence-corrected chi connectivity index (χ3v) is 8.32. The van der Waals surface area contributed by atoms with Crippen molar-refractivity contribution in [2.75, 3.05) is 6.61 Å². The Morgan fingerprint density at radius 2 is 2.03 bits per heavy atom. The number of aliphatic hydroxyl groups is 1. The molecule has 5 atom stereocenters. The number of benzene rings is 1. The topological polar surface area (TPSA) is 72.8 Å². The molecule has 5 heteroatoms. The van der Waals surface area contributed by atoms with Gasteiger partial charge in [0.05, 0.1) is 24.5 Å². The van der Waals surface area contributed by atoms with Crippen molar-refractivity contribution < 1.29 is 24.2 Å². The van der Waals surface area contributed by atoms with E-state index in [4.69, 9.17) is 9.47 Å². The Balaban J connectivity index is 1.49. The van der Waals surface area contributed by atoms with Crippen LogP contribution in [0.15, 0.2) is 72.5 Å². The van der Waals surface area contributed by atoms with Gasteiger partial charge in [-0.05, 0) is 67.1 Å². The number of aliphatic hydroxyl groups excluding tert-OH is 1. The summed E-state index contributed by atoms with van der Waals surface area (Å²) in [6.07, 6.45) is 11.7. The lowest BCUT2D eigenvalue weighted by Crippen LogP contribution is -2.57. The van der Waals surface area contributed by atoms with E-state index in [2.05, 4.69) is 20.4 Å². The zero-order valence-corrected chi connectivity index (χ0v) is 20.0. The van der Waals surface area contributed by atoms with Crippen molar-refractivity contribution >= 4 is 18.0 Å². The molecule has 34 heavy (non-hydrogen) atoms. The highest BCUT2D eigenvalue weighted by molar-refractivity contribution is 5.94. The van der Waals surface area contributed by atoms with E-state index in [0.29, 0.717) is 18.4 Å². The van der Waals surface area contributed by atoms with E-state index in [1.165, 1.54) is 17.9 Å². The van der Waals surface area contributed by atoms with Crippen LogP contribution in [0.1, 0.15) is 51.5 Å². The van der Waals surface area contributed by atoms with E-state index in [9.17, 15) is 14.7 Å². The number of carbonyl (C=O) groups excluding carboxylic acids is 2. The standard InChI is InChI=1S/C29H34O5/c1-20-9-13-24-28(2,23(20)12-11-22-16-18-33-27(22)32)17-15-25(30)29(24,3)19-34-26(31)14-10-21-7-5-4-6-8-21/h4-8,10-11,14,16,18,23-25,30H,1,9,12-13,15,17,19H2,2-3H3/b14-10+,22-11+/t23-,24+,25-,28+,29+/m1/s1. The first-order valence-electron chi connectivity index (χ1n) is 12.1. The van der Waals surface area contributed by atoms with Crippen molar-refractivity contribution in [1.82, 2.24) is 0 Å². The number of allylic oxidation sites excluding steroid dienone is 2. The minimum absolute atomic E-state index is 0.112. The summed E-state index contributed by atoms with van der Waals surface area (Å²) in [5.74, 6) is -0.379. The molecule has 0 saturated heterocycles. The average Bonchev–Trinajstić information content (AvgIpc) is 3.24. The molecule has 2 fully saturated rings. The third kappa shape index (κ3) is 4.67. The molecule has 180 valence electrons. The Hall–Kier alpha value is -2.92. The van der Waals surface area contributed by atoms with Gasteiger partial charge in [-0.25, -0.2) is 9.59 Å². The van der Waals surface area contributed by atoms with Gasteiger partial charge in [-0.15, -0.1) is 0 Å². The van der Waals surface area contributed by atoms with Crippen LogP contribution in [0.4, 0.5) is 0 Å². The molecule has 0 amide bonds. The lowest BCUT2D eigenvalue weighted by molar-refractivity contribution is -0.170. The number of esters is 2. The Labute approximate surface area is 201 Å². The SMILES string of the molecule is C=C1CC[C@@H]2[C@](C)(COC(=O)/C=C/c3ccccc3)[C@H](O)CC[C@@]2(C)[C@@H]1C/C=C1\C=COC1=O. The molecule has 0 unspecified atom stereocenters. The van der Waals surface area contributed by atoms with Gasteiger partial charge in [0, 0.05) is 11.5 Å². The molecule has 1 aliphatic heterocycles. The van der Waals surface area contributed by atoms with E-state index in [1.807, 2.05) is 36.4 Å². The average molecular weight is 463 g/mol. The zero-order chi connectivity index (χ0) is 24.3. The van der Waals surface area contributed by atoms with Crippen molar-refractivity contribution in [3.05, 3.63) is 78.1 Å². The van der Waals surface area contributed by atoms with E-state index in [1.54, 1.807) is 12.2 Å². The highest BCUT2D eigenvalue weighted by Crippen LogP contribution is 2.61. The van der Waals surface area contributed by atoms with Gasteiger partial charge in [-0.3, -0.25) is 0 Å². The summed E-state index contributed by atoms with van der Waals surface area (Å²) in [7, 11) is 0. The van der Waals surface area contributed by atoms with Gasteiger partial charge in [0.2, 0.25) is 0 Å². The fourth-order valence-electron chi connectivity index (χ4n) is 6.32. The Bertz CT molecular complexity index is 1040. The molecule has 3 aliphatic rings. The van der Waals surface area contributed by atoms with Crippen molar-refractivity contribution in [3.63, 3.8) is 0 Å². The summed E-state index contributed by atoms with van der Waals surface area (Å²) < 4.78 is 10.6. The molecule has 0 aromatic heterocycles. The summed E-state index contributed by atoms with van der Waals surface area (Å²) in [4.78, 5) is 24.3. The number of hydrogen-bond acceptors (Lipinski definition) is 5. The van der Waals surface area contributed by atoms with Gasteiger partial charge < -0.3 is 14.6 Å². The molecule has 1 heterocycles. The first-order chi connectivity index (χ1) is 16.2. The zero-order valence-electron chi connectivity index (χ0n) is 20.0. The van der Waals surface area contributed by atoms with Crippen LogP contribution in [0.5, 0.6) is 0 Å². The summed E-state index contributed by atoms with van der Waals surface area (Å²) in [5.41, 5.74) is 2.03. The molecule has 1 aromatic rings. The second kappa shape index (κ2) is 9.75. The predicted octanol–water partition coefficient (Wildman–Crippen LogP) is 5.38. The molecule has 5 nitrogen and oxygen atoms in total. The van der Waals surface area contributed by atoms with Gasteiger partial charge >= 0.3 is 11.9 Å². The molecule has 0 bridgehead atoms. The number of ether oxygens (including phenoxy) is 2. The molecular weight excluding hydrogens is 428 g/mol. The summed E-state index contributed by atoms with van der Waals surface area (Å²) in [5, 5.41) is 11.1. The smallest absolute Gasteiger partial charge is 0.342 e. The summed E-state index contributed by atoms with van der Waals surface area (Å²) in [6, 6.07) is 9.61. The molecule has 0 radical (unpaired) electrons. The molecule has 4 rings (SSSR count). The molecule has 2 aliphatic carbocycles. The van der Waals surface area contributed by atoms with E-state index < -0.39 is 17.5 Å². The van der Waals surface area contributed by atoms with Gasteiger partial charge in [-0.2, -0.15) is 0 Å². The molecule has 2 saturated carbocycles. The lowest BCUT2D eigenvalue weighted by Gasteiger charge is -2.60. The predicted molar refractivity (Wildman–Crippen MR) is 131 cm³/mol. The van der Waals surface area contributed by atoms with Crippen LogP contribution in [0, 0.1) is 22.7 Å². The van der Waals surface area contributed by atoms with Crippen molar-refractivity contribution in [2.45, 2.75) is 52.1 Å². The molecule has 1 N–H and O–H groups in total.